The number of amides is 1. The largest absolute Gasteiger partial charge is 0.463 e. The SMILES string of the molecule is CCOc1n[nH]c(NC(=O)c2ccn[nH]2)n1. The Morgan fingerprint density at radius 1 is 1.56 bits per heavy atom. The molecule has 16 heavy (non-hydrogen) atoms. The van der Waals surface area contributed by atoms with Gasteiger partial charge in [0.15, 0.2) is 0 Å². The topological polar surface area (TPSA) is 109 Å². The molecule has 2 rings (SSSR count). The van der Waals surface area contributed by atoms with E-state index in [1.54, 1.807) is 6.07 Å². The lowest BCUT2D eigenvalue weighted by Gasteiger charge is -1.96. The molecular formula is C8H10N6O2. The summed E-state index contributed by atoms with van der Waals surface area (Å²) in [7, 11) is 0. The maximum atomic E-state index is 11.5. The fourth-order valence-electron chi connectivity index (χ4n) is 1.05. The minimum Gasteiger partial charge on any atom is -0.463 e. The van der Waals surface area contributed by atoms with Crippen molar-refractivity contribution in [2.24, 2.45) is 0 Å². The second-order valence-corrected chi connectivity index (χ2v) is 2.82. The van der Waals surface area contributed by atoms with Crippen molar-refractivity contribution in [2.45, 2.75) is 6.92 Å². The molecule has 0 aliphatic carbocycles. The van der Waals surface area contributed by atoms with Gasteiger partial charge in [-0.05, 0) is 13.0 Å². The van der Waals surface area contributed by atoms with Gasteiger partial charge in [0.05, 0.1) is 6.61 Å². The third kappa shape index (κ3) is 2.16. The molecule has 8 nitrogen and oxygen atoms in total. The van der Waals surface area contributed by atoms with Crippen LogP contribution in [0.1, 0.15) is 17.4 Å². The van der Waals surface area contributed by atoms with Crippen molar-refractivity contribution in [1.29, 1.82) is 0 Å². The van der Waals surface area contributed by atoms with Crippen molar-refractivity contribution in [3.05, 3.63) is 18.0 Å². The molecule has 0 fully saturated rings. The molecule has 84 valence electrons. The van der Waals surface area contributed by atoms with Gasteiger partial charge in [-0.1, -0.05) is 0 Å². The summed E-state index contributed by atoms with van der Waals surface area (Å²) in [5.74, 6) is -0.125. The summed E-state index contributed by atoms with van der Waals surface area (Å²) in [4.78, 5) is 15.4. The zero-order chi connectivity index (χ0) is 11.4. The molecule has 1 amide bonds. The monoisotopic (exact) mass is 222 g/mol. The van der Waals surface area contributed by atoms with Gasteiger partial charge in [0.1, 0.15) is 5.69 Å². The minimum atomic E-state index is -0.350. The van der Waals surface area contributed by atoms with Gasteiger partial charge in [0.2, 0.25) is 5.95 Å². The number of anilines is 1. The van der Waals surface area contributed by atoms with Crippen LogP contribution in [0.15, 0.2) is 12.3 Å². The number of ether oxygens (including phenoxy) is 1. The van der Waals surface area contributed by atoms with Crippen molar-refractivity contribution in [3.8, 4) is 6.01 Å². The molecule has 0 radical (unpaired) electrons. The normalized spacial score (nSPS) is 10.1. The predicted octanol–water partition coefficient (Wildman–Crippen LogP) is 0.179. The zero-order valence-corrected chi connectivity index (χ0v) is 8.52. The Bertz CT molecular complexity index is 463. The second kappa shape index (κ2) is 4.43. The molecule has 2 heterocycles. The Kier molecular flexibility index (Phi) is 2.81. The summed E-state index contributed by atoms with van der Waals surface area (Å²) in [5.41, 5.74) is 0.342. The fraction of sp³-hybridized carbons (Fsp3) is 0.250. The Morgan fingerprint density at radius 3 is 3.12 bits per heavy atom. The molecule has 0 saturated carbocycles. The van der Waals surface area contributed by atoms with E-state index in [0.29, 0.717) is 12.3 Å². The lowest BCUT2D eigenvalue weighted by atomic mass is 10.4. The highest BCUT2D eigenvalue weighted by Crippen LogP contribution is 2.06. The molecule has 0 atom stereocenters. The fourth-order valence-corrected chi connectivity index (χ4v) is 1.05. The molecule has 2 aromatic heterocycles. The summed E-state index contributed by atoms with van der Waals surface area (Å²) >= 11 is 0. The molecule has 8 heteroatoms. The van der Waals surface area contributed by atoms with Crippen LogP contribution in [-0.2, 0) is 0 Å². The van der Waals surface area contributed by atoms with Gasteiger partial charge >= 0.3 is 6.01 Å². The van der Waals surface area contributed by atoms with E-state index in [0.717, 1.165) is 0 Å². The van der Waals surface area contributed by atoms with Crippen LogP contribution < -0.4 is 10.1 Å². The van der Waals surface area contributed by atoms with Crippen LogP contribution in [0.4, 0.5) is 5.95 Å². The first-order valence-electron chi connectivity index (χ1n) is 4.65. The molecule has 0 spiro atoms. The van der Waals surface area contributed by atoms with Gasteiger partial charge < -0.3 is 4.74 Å². The Labute approximate surface area is 90.4 Å². The quantitative estimate of drug-likeness (QED) is 0.683. The third-order valence-electron chi connectivity index (χ3n) is 1.72. The van der Waals surface area contributed by atoms with Gasteiger partial charge in [-0.2, -0.15) is 10.1 Å². The van der Waals surface area contributed by atoms with Crippen molar-refractivity contribution in [2.75, 3.05) is 11.9 Å². The van der Waals surface area contributed by atoms with Gasteiger partial charge in [-0.3, -0.25) is 15.2 Å². The third-order valence-corrected chi connectivity index (χ3v) is 1.72. The van der Waals surface area contributed by atoms with Crippen LogP contribution in [0.5, 0.6) is 6.01 Å². The summed E-state index contributed by atoms with van der Waals surface area (Å²) in [6, 6.07) is 1.75. The molecule has 0 saturated heterocycles. The van der Waals surface area contributed by atoms with Crippen molar-refractivity contribution in [3.63, 3.8) is 0 Å². The van der Waals surface area contributed by atoms with E-state index in [-0.39, 0.29) is 17.9 Å². The first-order chi connectivity index (χ1) is 7.79. The van der Waals surface area contributed by atoms with Crippen LogP contribution in [-0.4, -0.2) is 37.9 Å². The molecular weight excluding hydrogens is 212 g/mol. The molecule has 3 N–H and O–H groups in total. The number of carbonyl (C=O) groups is 1. The van der Waals surface area contributed by atoms with E-state index in [1.165, 1.54) is 6.20 Å². The van der Waals surface area contributed by atoms with E-state index in [9.17, 15) is 4.79 Å². The van der Waals surface area contributed by atoms with E-state index >= 15 is 0 Å². The Hall–Kier alpha value is -2.38. The Morgan fingerprint density at radius 2 is 2.44 bits per heavy atom. The molecule has 0 unspecified atom stereocenters. The predicted molar refractivity (Wildman–Crippen MR) is 54.1 cm³/mol. The maximum Gasteiger partial charge on any atom is 0.337 e. The lowest BCUT2D eigenvalue weighted by molar-refractivity contribution is 0.102. The minimum absolute atomic E-state index is 0.197. The number of aromatic amines is 2. The van der Waals surface area contributed by atoms with Crippen LogP contribution in [0.2, 0.25) is 0 Å². The number of H-pyrrole nitrogens is 2. The van der Waals surface area contributed by atoms with Gasteiger partial charge in [-0.15, -0.1) is 5.10 Å². The molecule has 0 aromatic carbocycles. The second-order valence-electron chi connectivity index (χ2n) is 2.82. The van der Waals surface area contributed by atoms with Crippen molar-refractivity contribution >= 4 is 11.9 Å². The van der Waals surface area contributed by atoms with E-state index in [1.807, 2.05) is 6.92 Å². The highest BCUT2D eigenvalue weighted by atomic mass is 16.5. The standard InChI is InChI=1S/C8H10N6O2/c1-2-16-8-11-7(13-14-8)10-6(15)5-3-4-9-12-5/h3-4H,2H2,1H3,(H,9,12)(H2,10,11,13,14,15). The first kappa shape index (κ1) is 10.1. The van der Waals surface area contributed by atoms with Gasteiger partial charge in [-0.25, -0.2) is 5.10 Å². The number of hydrogen-bond donors (Lipinski definition) is 3. The highest BCUT2D eigenvalue weighted by molar-refractivity contribution is 6.01. The van der Waals surface area contributed by atoms with Crippen LogP contribution in [0, 0.1) is 0 Å². The molecule has 0 aliphatic heterocycles. The number of hydrogen-bond acceptors (Lipinski definition) is 5. The molecule has 0 bridgehead atoms. The lowest BCUT2D eigenvalue weighted by Crippen LogP contribution is -2.13. The Balaban J connectivity index is 2.01. The van der Waals surface area contributed by atoms with Crippen LogP contribution in [0.25, 0.3) is 0 Å². The van der Waals surface area contributed by atoms with E-state index < -0.39 is 0 Å². The molecule has 0 aliphatic rings. The number of nitrogens with one attached hydrogen (secondary N) is 3. The summed E-state index contributed by atoms with van der Waals surface area (Å²) in [5, 5.41) is 15.0. The average molecular weight is 222 g/mol. The van der Waals surface area contributed by atoms with E-state index in [4.69, 9.17) is 4.74 Å². The average Bonchev–Trinajstić information content (AvgIpc) is 2.89. The summed E-state index contributed by atoms with van der Waals surface area (Å²) < 4.78 is 5.03. The highest BCUT2D eigenvalue weighted by Gasteiger charge is 2.10. The van der Waals surface area contributed by atoms with Gasteiger partial charge in [0, 0.05) is 6.20 Å². The van der Waals surface area contributed by atoms with Crippen molar-refractivity contribution in [1.82, 2.24) is 25.4 Å². The van der Waals surface area contributed by atoms with Crippen LogP contribution >= 0.6 is 0 Å². The van der Waals surface area contributed by atoms with Crippen molar-refractivity contribution < 1.29 is 9.53 Å². The number of nitrogens with zero attached hydrogens (tertiary/aromatic N) is 3. The smallest absolute Gasteiger partial charge is 0.337 e. The number of carbonyl (C=O) groups excluding carboxylic acids is 1. The number of aromatic nitrogens is 5. The van der Waals surface area contributed by atoms with Crippen LogP contribution in [0.3, 0.4) is 0 Å². The first-order valence-corrected chi connectivity index (χ1v) is 4.65. The number of rotatable bonds is 4. The summed E-state index contributed by atoms with van der Waals surface area (Å²) in [6.07, 6.45) is 1.49. The zero-order valence-electron chi connectivity index (χ0n) is 8.52. The van der Waals surface area contributed by atoms with E-state index in [2.05, 4.69) is 30.7 Å². The molecule has 2 aromatic rings. The maximum absolute atomic E-state index is 11.5. The summed E-state index contributed by atoms with van der Waals surface area (Å²) in [6.45, 7) is 2.28. The van der Waals surface area contributed by atoms with Gasteiger partial charge in [0.25, 0.3) is 5.91 Å².